The summed E-state index contributed by atoms with van der Waals surface area (Å²) in [6.45, 7) is 0. The van der Waals surface area contributed by atoms with Gasteiger partial charge in [0, 0.05) is 11.4 Å². The van der Waals surface area contributed by atoms with E-state index >= 15 is 0 Å². The van der Waals surface area contributed by atoms with Crippen LogP contribution in [0.4, 0.5) is 0 Å². The van der Waals surface area contributed by atoms with Crippen molar-refractivity contribution in [3.8, 4) is 0 Å². The normalized spacial score (nSPS) is 43.3. The average Bonchev–Trinajstić information content (AvgIpc) is 2.52. The van der Waals surface area contributed by atoms with Gasteiger partial charge < -0.3 is 4.90 Å². The van der Waals surface area contributed by atoms with Gasteiger partial charge in [0.15, 0.2) is 0 Å². The van der Waals surface area contributed by atoms with Gasteiger partial charge in [-0.05, 0) is 18.2 Å². The van der Waals surface area contributed by atoms with E-state index in [1.807, 2.05) is 18.1 Å². The monoisotopic (exact) mass is 180 g/mol. The molecule has 0 amide bonds. The van der Waals surface area contributed by atoms with Crippen molar-refractivity contribution in [3.63, 3.8) is 0 Å². The van der Waals surface area contributed by atoms with Gasteiger partial charge in [-0.25, -0.2) is 0 Å². The predicted octanol–water partition coefficient (Wildman–Crippen LogP) is 1.84. The van der Waals surface area contributed by atoms with E-state index in [1.165, 1.54) is 19.3 Å². The van der Waals surface area contributed by atoms with Crippen molar-refractivity contribution in [2.24, 2.45) is 4.99 Å². The van der Waals surface area contributed by atoms with E-state index in [-0.39, 0.29) is 0 Å². The molecule has 1 saturated carbocycles. The fourth-order valence-corrected chi connectivity index (χ4v) is 3.60. The van der Waals surface area contributed by atoms with Crippen molar-refractivity contribution in [2.45, 2.75) is 36.6 Å². The second kappa shape index (κ2) is 2.52. The summed E-state index contributed by atoms with van der Waals surface area (Å²) >= 11 is 1.99. The van der Waals surface area contributed by atoms with Crippen LogP contribution in [0.2, 0.25) is 0 Å². The number of thioether (sulfide) groups is 1. The molecule has 2 nitrogen and oxygen atoms in total. The van der Waals surface area contributed by atoms with Crippen molar-refractivity contribution in [3.05, 3.63) is 11.6 Å². The van der Waals surface area contributed by atoms with E-state index in [1.54, 1.807) is 0 Å². The maximum absolute atomic E-state index is 4.54. The smallest absolute Gasteiger partial charge is 0.0897 e. The van der Waals surface area contributed by atoms with Gasteiger partial charge in [-0.1, -0.05) is 6.42 Å². The number of rotatable bonds is 0. The van der Waals surface area contributed by atoms with E-state index in [9.17, 15) is 0 Å². The van der Waals surface area contributed by atoms with Gasteiger partial charge >= 0.3 is 0 Å². The molecular weight excluding hydrogens is 168 g/mol. The maximum Gasteiger partial charge on any atom is 0.0897 e. The highest BCUT2D eigenvalue weighted by Crippen LogP contribution is 2.39. The molecule has 1 aliphatic carbocycles. The first-order valence-corrected chi connectivity index (χ1v) is 5.52. The lowest BCUT2D eigenvalue weighted by atomic mass is 9.90. The summed E-state index contributed by atoms with van der Waals surface area (Å²) in [4.78, 5) is 6.83. The Hall–Kier alpha value is -0.440. The first-order valence-electron chi connectivity index (χ1n) is 4.58. The Morgan fingerprint density at radius 2 is 2.42 bits per heavy atom. The molecular formula is C9H12N2S. The zero-order valence-electron chi connectivity index (χ0n) is 6.89. The molecule has 3 atom stereocenters. The van der Waals surface area contributed by atoms with Gasteiger partial charge in [-0.15, -0.1) is 11.8 Å². The number of hydrogen-bond acceptors (Lipinski definition) is 3. The van der Waals surface area contributed by atoms with Gasteiger partial charge in [0.2, 0.25) is 0 Å². The molecule has 0 aromatic rings. The van der Waals surface area contributed by atoms with Gasteiger partial charge in [0.25, 0.3) is 0 Å². The summed E-state index contributed by atoms with van der Waals surface area (Å²) in [7, 11) is 0. The molecule has 3 unspecified atom stereocenters. The topological polar surface area (TPSA) is 15.6 Å². The first kappa shape index (κ1) is 7.01. The minimum Gasteiger partial charge on any atom is -0.333 e. The Balaban J connectivity index is 1.95. The minimum atomic E-state index is 0.598. The molecule has 64 valence electrons. The third kappa shape index (κ3) is 0.859. The predicted molar refractivity (Wildman–Crippen MR) is 52.3 cm³/mol. The van der Waals surface area contributed by atoms with Crippen LogP contribution >= 0.6 is 11.8 Å². The van der Waals surface area contributed by atoms with Crippen molar-refractivity contribution < 1.29 is 0 Å². The van der Waals surface area contributed by atoms with Gasteiger partial charge in [0.05, 0.1) is 18.4 Å². The molecule has 0 spiro atoms. The molecule has 0 aromatic carbocycles. The molecule has 0 saturated heterocycles. The average molecular weight is 180 g/mol. The lowest BCUT2D eigenvalue weighted by molar-refractivity contribution is 0.304. The van der Waals surface area contributed by atoms with Gasteiger partial charge in [0.1, 0.15) is 0 Å². The molecule has 3 rings (SSSR count). The van der Waals surface area contributed by atoms with Crippen LogP contribution in [0.25, 0.3) is 0 Å². The Labute approximate surface area is 76.7 Å². The number of nitrogens with zero attached hydrogens (tertiary/aromatic N) is 2. The number of aliphatic imine (C=N–C) groups is 1. The summed E-state index contributed by atoms with van der Waals surface area (Å²) < 4.78 is 0. The second-order valence-corrected chi connectivity index (χ2v) is 4.81. The minimum absolute atomic E-state index is 0.598. The fraction of sp³-hybridized carbons (Fsp3) is 0.667. The summed E-state index contributed by atoms with van der Waals surface area (Å²) in [5, 5.41) is 3.01. The summed E-state index contributed by atoms with van der Waals surface area (Å²) in [6.07, 6.45) is 8.21. The van der Waals surface area contributed by atoms with Crippen molar-refractivity contribution in [1.82, 2.24) is 4.90 Å². The Morgan fingerprint density at radius 1 is 1.42 bits per heavy atom. The molecule has 0 aromatic heterocycles. The zero-order valence-corrected chi connectivity index (χ0v) is 7.70. The van der Waals surface area contributed by atoms with Crippen molar-refractivity contribution in [1.29, 1.82) is 0 Å². The van der Waals surface area contributed by atoms with Crippen LogP contribution in [0.1, 0.15) is 19.3 Å². The number of hydrogen-bond donors (Lipinski definition) is 0. The highest BCUT2D eigenvalue weighted by atomic mass is 32.2. The van der Waals surface area contributed by atoms with E-state index in [0.717, 1.165) is 5.25 Å². The molecule has 1 fully saturated rings. The summed E-state index contributed by atoms with van der Waals surface area (Å²) in [5.74, 6) is 0. The fourth-order valence-electron chi connectivity index (χ4n) is 2.40. The highest BCUT2D eigenvalue weighted by Gasteiger charge is 2.40. The molecule has 0 bridgehead atoms. The Kier molecular flexibility index (Phi) is 1.47. The van der Waals surface area contributed by atoms with Crippen LogP contribution in [-0.4, -0.2) is 28.6 Å². The molecule has 3 heteroatoms. The Bertz CT molecular complexity index is 249. The van der Waals surface area contributed by atoms with Crippen LogP contribution in [-0.2, 0) is 0 Å². The third-order valence-corrected chi connectivity index (χ3v) is 4.13. The quantitative estimate of drug-likeness (QED) is 0.565. The van der Waals surface area contributed by atoms with Crippen molar-refractivity contribution >= 4 is 18.1 Å². The van der Waals surface area contributed by atoms with Gasteiger partial charge in [-0.2, -0.15) is 0 Å². The summed E-state index contributed by atoms with van der Waals surface area (Å²) in [6, 6.07) is 1.29. The molecule has 2 heterocycles. The van der Waals surface area contributed by atoms with Crippen LogP contribution < -0.4 is 0 Å². The first-order chi connectivity index (χ1) is 5.95. The second-order valence-electron chi connectivity index (χ2n) is 3.66. The standard InChI is InChI=1S/C9H12N2S/c1-2-7-9-8(3-1)12-5-4-11(9)6-10-7/h4-9H,1-3H2. The van der Waals surface area contributed by atoms with Crippen LogP contribution in [0.15, 0.2) is 16.6 Å². The molecule has 0 radical (unpaired) electrons. The molecule has 12 heavy (non-hydrogen) atoms. The highest BCUT2D eigenvalue weighted by molar-refractivity contribution is 8.02. The van der Waals surface area contributed by atoms with E-state index in [4.69, 9.17) is 0 Å². The Morgan fingerprint density at radius 3 is 3.42 bits per heavy atom. The molecule has 2 aliphatic heterocycles. The van der Waals surface area contributed by atoms with Crippen molar-refractivity contribution in [2.75, 3.05) is 0 Å². The lowest BCUT2D eigenvalue weighted by Crippen LogP contribution is -2.45. The lowest BCUT2D eigenvalue weighted by Gasteiger charge is -2.38. The SMILES string of the molecule is C1=CN2C=NC3CCCC(S1)C32. The van der Waals surface area contributed by atoms with Crippen LogP contribution in [0, 0.1) is 0 Å². The molecule has 0 N–H and O–H groups in total. The molecule has 3 aliphatic rings. The summed E-state index contributed by atoms with van der Waals surface area (Å²) in [5.41, 5.74) is 0. The van der Waals surface area contributed by atoms with E-state index in [2.05, 4.69) is 21.5 Å². The third-order valence-electron chi connectivity index (χ3n) is 2.99. The largest absolute Gasteiger partial charge is 0.333 e. The van der Waals surface area contributed by atoms with Crippen LogP contribution in [0.3, 0.4) is 0 Å². The maximum atomic E-state index is 4.54. The van der Waals surface area contributed by atoms with E-state index < -0.39 is 0 Å². The van der Waals surface area contributed by atoms with Gasteiger partial charge in [-0.3, -0.25) is 4.99 Å². The zero-order chi connectivity index (χ0) is 7.97. The van der Waals surface area contributed by atoms with Crippen LogP contribution in [0.5, 0.6) is 0 Å². The van der Waals surface area contributed by atoms with E-state index in [0.29, 0.717) is 12.1 Å².